The highest BCUT2D eigenvalue weighted by Gasteiger charge is 2.23. The molecule has 3 rings (SSSR count). The van der Waals surface area contributed by atoms with E-state index in [9.17, 15) is 9.59 Å². The first-order chi connectivity index (χ1) is 12.6. The second-order valence-electron chi connectivity index (χ2n) is 6.12. The smallest absolute Gasteiger partial charge is 0.253 e. The van der Waals surface area contributed by atoms with E-state index in [1.54, 1.807) is 24.3 Å². The van der Waals surface area contributed by atoms with Crippen LogP contribution < -0.4 is 15.4 Å². The molecule has 0 spiro atoms. The number of nitrogens with zero attached hydrogens (tertiary/aromatic N) is 2. The topological polar surface area (TPSA) is 75.9 Å². The molecule has 0 radical (unpaired) electrons. The van der Waals surface area contributed by atoms with Crippen LogP contribution in [0.15, 0.2) is 48.5 Å². The molecule has 1 heterocycles. The number of nitrogens with two attached hydrogens (primary N) is 1. The average molecular weight is 353 g/mol. The molecule has 6 heteroatoms. The Balaban J connectivity index is 1.65. The standard InChI is InChI=1S/C20H23N3O3/c1-2-26-18-6-4-3-5-17(18)22-11-13-23(14-12-22)20(25)16-9-7-15(8-10-16)19(21)24/h3-10H,2,11-14H2,1H3,(H2,21,24). The van der Waals surface area contributed by atoms with Gasteiger partial charge in [0, 0.05) is 37.3 Å². The van der Waals surface area contributed by atoms with Crippen molar-refractivity contribution in [2.45, 2.75) is 6.92 Å². The molecule has 2 amide bonds. The van der Waals surface area contributed by atoms with Gasteiger partial charge in [-0.25, -0.2) is 0 Å². The maximum absolute atomic E-state index is 12.7. The summed E-state index contributed by atoms with van der Waals surface area (Å²) >= 11 is 0. The molecule has 26 heavy (non-hydrogen) atoms. The minimum Gasteiger partial charge on any atom is -0.492 e. The first-order valence-corrected chi connectivity index (χ1v) is 8.76. The van der Waals surface area contributed by atoms with Crippen molar-refractivity contribution in [2.24, 2.45) is 5.73 Å². The second kappa shape index (κ2) is 7.91. The molecule has 1 saturated heterocycles. The lowest BCUT2D eigenvalue weighted by Gasteiger charge is -2.36. The van der Waals surface area contributed by atoms with E-state index < -0.39 is 5.91 Å². The van der Waals surface area contributed by atoms with Gasteiger partial charge in [0.05, 0.1) is 12.3 Å². The van der Waals surface area contributed by atoms with Gasteiger partial charge in [-0.05, 0) is 43.3 Å². The molecular formula is C20H23N3O3. The molecule has 1 aliphatic heterocycles. The number of carbonyl (C=O) groups is 2. The number of carbonyl (C=O) groups excluding carboxylic acids is 2. The fourth-order valence-corrected chi connectivity index (χ4v) is 3.11. The van der Waals surface area contributed by atoms with Crippen LogP contribution in [-0.4, -0.2) is 49.5 Å². The molecule has 0 saturated carbocycles. The lowest BCUT2D eigenvalue weighted by Crippen LogP contribution is -2.48. The van der Waals surface area contributed by atoms with E-state index in [0.717, 1.165) is 24.5 Å². The van der Waals surface area contributed by atoms with E-state index in [1.807, 2.05) is 36.1 Å². The van der Waals surface area contributed by atoms with Crippen LogP contribution in [0.25, 0.3) is 0 Å². The summed E-state index contributed by atoms with van der Waals surface area (Å²) in [7, 11) is 0. The Morgan fingerprint density at radius 1 is 0.962 bits per heavy atom. The summed E-state index contributed by atoms with van der Waals surface area (Å²) in [5.74, 6) is 0.348. The van der Waals surface area contributed by atoms with Gasteiger partial charge in [-0.1, -0.05) is 12.1 Å². The molecule has 2 aromatic carbocycles. The summed E-state index contributed by atoms with van der Waals surface area (Å²) in [6, 6.07) is 14.5. The highest BCUT2D eigenvalue weighted by atomic mass is 16.5. The van der Waals surface area contributed by atoms with Gasteiger partial charge >= 0.3 is 0 Å². The Bertz CT molecular complexity index is 781. The summed E-state index contributed by atoms with van der Waals surface area (Å²) in [5.41, 5.74) is 7.27. The van der Waals surface area contributed by atoms with Crippen molar-refractivity contribution < 1.29 is 14.3 Å². The Kier molecular flexibility index (Phi) is 5.41. The van der Waals surface area contributed by atoms with Crippen LogP contribution in [0.1, 0.15) is 27.6 Å². The van der Waals surface area contributed by atoms with Crippen molar-refractivity contribution in [2.75, 3.05) is 37.7 Å². The molecule has 0 aromatic heterocycles. The summed E-state index contributed by atoms with van der Waals surface area (Å²) < 4.78 is 5.70. The third-order valence-corrected chi connectivity index (χ3v) is 4.49. The average Bonchev–Trinajstić information content (AvgIpc) is 2.68. The minimum atomic E-state index is -0.495. The van der Waals surface area contributed by atoms with Crippen LogP contribution in [0.3, 0.4) is 0 Å². The largest absolute Gasteiger partial charge is 0.492 e. The maximum atomic E-state index is 12.7. The third kappa shape index (κ3) is 3.79. The number of amides is 2. The number of piperazine rings is 1. The van der Waals surface area contributed by atoms with Crippen molar-refractivity contribution in [3.63, 3.8) is 0 Å². The summed E-state index contributed by atoms with van der Waals surface area (Å²) in [6.45, 7) is 5.35. The zero-order valence-corrected chi connectivity index (χ0v) is 14.9. The molecule has 1 aliphatic rings. The molecule has 0 aliphatic carbocycles. The summed E-state index contributed by atoms with van der Waals surface area (Å²) in [5, 5.41) is 0. The van der Waals surface area contributed by atoms with Gasteiger partial charge in [-0.15, -0.1) is 0 Å². The Morgan fingerprint density at radius 2 is 1.58 bits per heavy atom. The number of para-hydroxylation sites is 2. The molecule has 136 valence electrons. The number of anilines is 1. The Hall–Kier alpha value is -3.02. The predicted octanol–water partition coefficient (Wildman–Crippen LogP) is 2.15. The lowest BCUT2D eigenvalue weighted by atomic mass is 10.1. The van der Waals surface area contributed by atoms with E-state index in [0.29, 0.717) is 30.8 Å². The van der Waals surface area contributed by atoms with Crippen LogP contribution in [0.5, 0.6) is 5.75 Å². The van der Waals surface area contributed by atoms with Gasteiger partial charge in [0.15, 0.2) is 0 Å². The molecule has 2 N–H and O–H groups in total. The molecule has 0 unspecified atom stereocenters. The van der Waals surface area contributed by atoms with Gasteiger partial charge < -0.3 is 20.3 Å². The number of ether oxygens (including phenoxy) is 1. The molecule has 2 aromatic rings. The summed E-state index contributed by atoms with van der Waals surface area (Å²) in [4.78, 5) is 27.9. The van der Waals surface area contributed by atoms with Crippen LogP contribution in [0, 0.1) is 0 Å². The quantitative estimate of drug-likeness (QED) is 0.894. The Labute approximate surface area is 153 Å². The molecule has 0 bridgehead atoms. The number of benzene rings is 2. The third-order valence-electron chi connectivity index (χ3n) is 4.49. The first kappa shape index (κ1) is 17.8. The Morgan fingerprint density at radius 3 is 2.19 bits per heavy atom. The molecule has 0 atom stereocenters. The van der Waals surface area contributed by atoms with E-state index in [2.05, 4.69) is 4.90 Å². The zero-order valence-electron chi connectivity index (χ0n) is 14.9. The molecule has 1 fully saturated rings. The highest BCUT2D eigenvalue weighted by Crippen LogP contribution is 2.29. The van der Waals surface area contributed by atoms with E-state index in [-0.39, 0.29) is 5.91 Å². The number of primary amides is 1. The SMILES string of the molecule is CCOc1ccccc1N1CCN(C(=O)c2ccc(C(N)=O)cc2)CC1. The van der Waals surface area contributed by atoms with Crippen molar-refractivity contribution in [1.82, 2.24) is 4.90 Å². The van der Waals surface area contributed by atoms with Gasteiger partial charge in [-0.2, -0.15) is 0 Å². The maximum Gasteiger partial charge on any atom is 0.253 e. The van der Waals surface area contributed by atoms with Crippen LogP contribution in [0.4, 0.5) is 5.69 Å². The fourth-order valence-electron chi connectivity index (χ4n) is 3.11. The molecule has 6 nitrogen and oxygen atoms in total. The highest BCUT2D eigenvalue weighted by molar-refractivity contribution is 5.97. The van der Waals surface area contributed by atoms with Gasteiger partial charge in [-0.3, -0.25) is 9.59 Å². The van der Waals surface area contributed by atoms with Gasteiger partial charge in [0.25, 0.3) is 5.91 Å². The minimum absolute atomic E-state index is 0.0289. The number of hydrogen-bond acceptors (Lipinski definition) is 4. The van der Waals surface area contributed by atoms with E-state index >= 15 is 0 Å². The van der Waals surface area contributed by atoms with Gasteiger partial charge in [0.1, 0.15) is 5.75 Å². The van der Waals surface area contributed by atoms with Crippen molar-refractivity contribution in [3.05, 3.63) is 59.7 Å². The normalized spacial score (nSPS) is 14.2. The van der Waals surface area contributed by atoms with Crippen LogP contribution in [-0.2, 0) is 0 Å². The van der Waals surface area contributed by atoms with Crippen molar-refractivity contribution in [1.29, 1.82) is 0 Å². The second-order valence-corrected chi connectivity index (χ2v) is 6.12. The lowest BCUT2D eigenvalue weighted by molar-refractivity contribution is 0.0746. The molecular weight excluding hydrogens is 330 g/mol. The number of hydrogen-bond donors (Lipinski definition) is 1. The zero-order chi connectivity index (χ0) is 18.5. The summed E-state index contributed by atoms with van der Waals surface area (Å²) in [6.07, 6.45) is 0. The van der Waals surface area contributed by atoms with Crippen LogP contribution in [0.2, 0.25) is 0 Å². The van der Waals surface area contributed by atoms with Gasteiger partial charge in [0.2, 0.25) is 5.91 Å². The predicted molar refractivity (Wildman–Crippen MR) is 101 cm³/mol. The van der Waals surface area contributed by atoms with Crippen molar-refractivity contribution >= 4 is 17.5 Å². The monoisotopic (exact) mass is 353 g/mol. The number of rotatable bonds is 5. The van der Waals surface area contributed by atoms with Crippen LogP contribution >= 0.6 is 0 Å². The van der Waals surface area contributed by atoms with E-state index in [4.69, 9.17) is 10.5 Å². The van der Waals surface area contributed by atoms with Crippen molar-refractivity contribution in [3.8, 4) is 5.75 Å². The fraction of sp³-hybridized carbons (Fsp3) is 0.300. The first-order valence-electron chi connectivity index (χ1n) is 8.76. The van der Waals surface area contributed by atoms with E-state index in [1.165, 1.54) is 0 Å².